The van der Waals surface area contributed by atoms with Gasteiger partial charge in [-0.05, 0) is 59.9 Å². The van der Waals surface area contributed by atoms with Crippen molar-refractivity contribution in [2.75, 3.05) is 6.61 Å². The number of rotatable bonds is 7. The van der Waals surface area contributed by atoms with Gasteiger partial charge in [-0.15, -0.1) is 0 Å². The Morgan fingerprint density at radius 2 is 1.81 bits per heavy atom. The van der Waals surface area contributed by atoms with Crippen LogP contribution in [0.3, 0.4) is 0 Å². The van der Waals surface area contributed by atoms with Crippen LogP contribution in [0.2, 0.25) is 0 Å². The molecule has 0 saturated heterocycles. The first-order valence-electron chi connectivity index (χ1n) is 7.58. The van der Waals surface area contributed by atoms with E-state index in [4.69, 9.17) is 0 Å². The van der Waals surface area contributed by atoms with Crippen LogP contribution in [0.5, 0.6) is 0 Å². The average molecular weight is 279 g/mol. The molecule has 0 N–H and O–H groups in total. The Bertz CT molecular complexity index is 631. The highest BCUT2D eigenvalue weighted by molar-refractivity contribution is 5.79. The maximum atomic E-state index is 9.96. The lowest BCUT2D eigenvalue weighted by atomic mass is 9.95. The third-order valence-electron chi connectivity index (χ3n) is 4.16. The monoisotopic (exact) mass is 279 g/mol. The predicted octanol–water partition coefficient (Wildman–Crippen LogP) is 4.05. The summed E-state index contributed by atoms with van der Waals surface area (Å²) in [6.45, 7) is 1.96. The lowest BCUT2D eigenvalue weighted by Crippen LogP contribution is -1.94. The van der Waals surface area contributed by atoms with Gasteiger partial charge in [-0.25, -0.2) is 4.79 Å². The van der Waals surface area contributed by atoms with Gasteiger partial charge < -0.3 is 4.74 Å². The van der Waals surface area contributed by atoms with Crippen LogP contribution in [-0.2, 0) is 22.4 Å². The highest BCUT2D eigenvalue weighted by Crippen LogP contribution is 2.39. The second kappa shape index (κ2) is 6.57. The van der Waals surface area contributed by atoms with Gasteiger partial charge in [-0.2, -0.15) is 0 Å². The summed E-state index contributed by atoms with van der Waals surface area (Å²) in [5, 5.41) is 0. The van der Waals surface area contributed by atoms with E-state index in [1.54, 1.807) is 0 Å². The van der Waals surface area contributed by atoms with Gasteiger partial charge in [0.15, 0.2) is 0 Å². The number of hydrogen-bond acceptors (Lipinski definition) is 2. The lowest BCUT2D eigenvalue weighted by Gasteiger charge is -2.09. The van der Waals surface area contributed by atoms with Crippen molar-refractivity contribution in [3.05, 3.63) is 59.2 Å². The fourth-order valence-corrected chi connectivity index (χ4v) is 3.19. The van der Waals surface area contributed by atoms with Crippen molar-refractivity contribution in [2.45, 2.75) is 32.1 Å². The van der Waals surface area contributed by atoms with E-state index in [1.165, 1.54) is 34.3 Å². The van der Waals surface area contributed by atoms with E-state index in [9.17, 15) is 4.79 Å². The Morgan fingerprint density at radius 3 is 2.71 bits per heavy atom. The molecule has 1 aliphatic rings. The third kappa shape index (κ3) is 2.99. The van der Waals surface area contributed by atoms with Gasteiger partial charge in [-0.3, -0.25) is 0 Å². The summed E-state index contributed by atoms with van der Waals surface area (Å²) in [6.07, 6.45) is 5.26. The Kier molecular flexibility index (Phi) is 4.34. The molecule has 1 aliphatic carbocycles. The zero-order valence-electron chi connectivity index (χ0n) is 12.1. The van der Waals surface area contributed by atoms with Crippen LogP contribution in [-0.4, -0.2) is 13.1 Å². The van der Waals surface area contributed by atoms with E-state index < -0.39 is 0 Å². The van der Waals surface area contributed by atoms with Gasteiger partial charge in [0, 0.05) is 0 Å². The number of benzene rings is 2. The number of aryl methyl sites for hydroxylation is 1. The minimum atomic E-state index is 0.485. The van der Waals surface area contributed by atoms with Gasteiger partial charge in [0.2, 0.25) is 0 Å². The molecule has 3 rings (SSSR count). The maximum absolute atomic E-state index is 9.96. The molecule has 0 aliphatic heterocycles. The van der Waals surface area contributed by atoms with Crippen LogP contribution < -0.4 is 0 Å². The van der Waals surface area contributed by atoms with E-state index in [-0.39, 0.29) is 0 Å². The van der Waals surface area contributed by atoms with Gasteiger partial charge in [0.1, 0.15) is 0 Å². The summed E-state index contributed by atoms with van der Waals surface area (Å²) in [5.41, 5.74) is 7.19. The highest BCUT2D eigenvalue weighted by atomic mass is 16.5. The minimum Gasteiger partial charge on any atom is -0.457 e. The second-order valence-corrected chi connectivity index (χ2v) is 5.53. The van der Waals surface area contributed by atoms with Crippen molar-refractivity contribution >= 4 is 6.47 Å². The maximum Gasteiger partial charge on any atom is 0.417 e. The molecule has 2 nitrogen and oxygen atoms in total. The second-order valence-electron chi connectivity index (χ2n) is 5.53. The summed E-state index contributed by atoms with van der Waals surface area (Å²) in [4.78, 5) is 9.96. The number of hydrogen-bond donors (Lipinski definition) is 0. The summed E-state index contributed by atoms with van der Waals surface area (Å²) < 4.78 is 4.60. The molecule has 0 aromatic heterocycles. The molecule has 0 fully saturated rings. The Balaban J connectivity index is 1.69. The quantitative estimate of drug-likeness (QED) is 0.610. The average Bonchev–Trinajstić information content (AvgIpc) is 2.90. The molecule has 1 radical (unpaired) electrons. The topological polar surface area (TPSA) is 26.3 Å². The SMILES string of the molecule is O=[C]OCCCCCc1cccc2c1-c1ccccc1C2. The van der Waals surface area contributed by atoms with Gasteiger partial charge in [0.25, 0.3) is 0 Å². The van der Waals surface area contributed by atoms with Crippen molar-refractivity contribution in [1.82, 2.24) is 0 Å². The van der Waals surface area contributed by atoms with E-state index in [1.807, 2.05) is 0 Å². The summed E-state index contributed by atoms with van der Waals surface area (Å²) in [6, 6.07) is 15.4. The summed E-state index contributed by atoms with van der Waals surface area (Å²) >= 11 is 0. The molecule has 0 amide bonds. The fourth-order valence-electron chi connectivity index (χ4n) is 3.19. The molecule has 0 bridgehead atoms. The first kappa shape index (κ1) is 13.9. The van der Waals surface area contributed by atoms with Gasteiger partial charge in [-0.1, -0.05) is 42.5 Å². The van der Waals surface area contributed by atoms with E-state index in [2.05, 4.69) is 47.2 Å². The van der Waals surface area contributed by atoms with Crippen LogP contribution in [0.1, 0.15) is 36.0 Å². The van der Waals surface area contributed by atoms with Crippen LogP contribution in [0.15, 0.2) is 42.5 Å². The molecular weight excluding hydrogens is 260 g/mol. The van der Waals surface area contributed by atoms with E-state index >= 15 is 0 Å². The molecular formula is C19H19O2. The molecule has 2 heteroatoms. The molecule has 21 heavy (non-hydrogen) atoms. The van der Waals surface area contributed by atoms with Crippen molar-refractivity contribution < 1.29 is 9.53 Å². The van der Waals surface area contributed by atoms with Crippen LogP contribution in [0, 0.1) is 0 Å². The van der Waals surface area contributed by atoms with Crippen LogP contribution in [0.4, 0.5) is 0 Å². The standard InChI is InChI=1S/C19H19O2/c20-14-21-12-5-1-2-7-15-9-6-10-17-13-16-8-3-4-11-18(16)19(15)17/h3-4,6,8-11H,1-2,5,7,12-13H2. The van der Waals surface area contributed by atoms with Gasteiger partial charge >= 0.3 is 6.47 Å². The summed E-state index contributed by atoms with van der Waals surface area (Å²) in [7, 11) is 0. The molecule has 2 aromatic rings. The first-order chi connectivity index (χ1) is 10.4. The Hall–Kier alpha value is -2.09. The highest BCUT2D eigenvalue weighted by Gasteiger charge is 2.20. The van der Waals surface area contributed by atoms with Gasteiger partial charge in [0.05, 0.1) is 6.61 Å². The molecule has 0 heterocycles. The summed E-state index contributed by atoms with van der Waals surface area (Å²) in [5.74, 6) is 0. The number of carbonyl (C=O) groups excluding carboxylic acids is 1. The zero-order valence-corrected chi connectivity index (χ0v) is 12.1. The zero-order chi connectivity index (χ0) is 14.5. The lowest BCUT2D eigenvalue weighted by molar-refractivity contribution is 0.269. The molecule has 0 unspecified atom stereocenters. The van der Waals surface area contributed by atoms with E-state index in [0.717, 1.165) is 32.1 Å². The fraction of sp³-hybridized carbons (Fsp3) is 0.316. The number of fused-ring (bicyclic) bond motifs is 3. The van der Waals surface area contributed by atoms with E-state index in [0.29, 0.717) is 6.61 Å². The molecule has 0 saturated carbocycles. The smallest absolute Gasteiger partial charge is 0.417 e. The van der Waals surface area contributed by atoms with Crippen molar-refractivity contribution in [1.29, 1.82) is 0 Å². The van der Waals surface area contributed by atoms with Crippen LogP contribution >= 0.6 is 0 Å². The minimum absolute atomic E-state index is 0.485. The van der Waals surface area contributed by atoms with Crippen LogP contribution in [0.25, 0.3) is 11.1 Å². The number of unbranched alkanes of at least 4 members (excludes halogenated alkanes) is 2. The molecule has 0 atom stereocenters. The Labute approximate surface area is 125 Å². The molecule has 107 valence electrons. The largest absolute Gasteiger partial charge is 0.457 e. The normalized spacial score (nSPS) is 11.8. The molecule has 0 spiro atoms. The number of ether oxygens (including phenoxy) is 1. The van der Waals surface area contributed by atoms with Crippen molar-refractivity contribution in [2.24, 2.45) is 0 Å². The van der Waals surface area contributed by atoms with Crippen molar-refractivity contribution in [3.8, 4) is 11.1 Å². The Morgan fingerprint density at radius 1 is 0.952 bits per heavy atom. The predicted molar refractivity (Wildman–Crippen MR) is 83.9 cm³/mol. The first-order valence-corrected chi connectivity index (χ1v) is 7.58. The van der Waals surface area contributed by atoms with Crippen molar-refractivity contribution in [3.63, 3.8) is 0 Å². The third-order valence-corrected chi connectivity index (χ3v) is 4.16. The molecule has 2 aromatic carbocycles.